The molecule has 1 saturated carbocycles. The molecule has 2 rings (SSSR count). The molecule has 3 N–H and O–H groups in total. The third-order valence-corrected chi connectivity index (χ3v) is 6.84. The largest absolute Gasteiger partial charge is 0.326 e. The smallest absolute Gasteiger partial charge is 0.241 e. The van der Waals surface area contributed by atoms with Crippen LogP contribution >= 0.6 is 0 Å². The van der Waals surface area contributed by atoms with Gasteiger partial charge >= 0.3 is 0 Å². The van der Waals surface area contributed by atoms with E-state index in [2.05, 4.69) is 32.4 Å². The normalized spacial score (nSPS) is 20.5. The third kappa shape index (κ3) is 2.62. The molecule has 118 valence electrons. The molecule has 0 aliphatic heterocycles. The molecular weight excluding hydrogens is 284 g/mol. The van der Waals surface area contributed by atoms with Crippen LogP contribution in [-0.2, 0) is 23.0 Å². The van der Waals surface area contributed by atoms with E-state index in [4.69, 9.17) is 5.73 Å². The van der Waals surface area contributed by atoms with Crippen molar-refractivity contribution in [1.82, 2.24) is 4.72 Å². The van der Waals surface area contributed by atoms with Gasteiger partial charge in [-0.25, -0.2) is 13.1 Å². The molecule has 0 aromatic heterocycles. The highest BCUT2D eigenvalue weighted by atomic mass is 32.2. The molecule has 21 heavy (non-hydrogen) atoms. The number of benzene rings is 1. The molecule has 0 bridgehead atoms. The molecule has 0 spiro atoms. The number of nitrogens with one attached hydrogen (secondary N) is 1. The van der Waals surface area contributed by atoms with Crippen molar-refractivity contribution in [3.63, 3.8) is 0 Å². The maximum absolute atomic E-state index is 12.8. The van der Waals surface area contributed by atoms with E-state index in [-0.39, 0.29) is 16.9 Å². The predicted octanol–water partition coefficient (Wildman–Crippen LogP) is 2.42. The van der Waals surface area contributed by atoms with Crippen molar-refractivity contribution in [3.8, 4) is 0 Å². The van der Waals surface area contributed by atoms with Gasteiger partial charge in [0.05, 0.1) is 4.90 Å². The number of hydrogen-bond acceptors (Lipinski definition) is 3. The summed E-state index contributed by atoms with van der Waals surface area (Å²) in [5.74, 6) is 0. The van der Waals surface area contributed by atoms with Gasteiger partial charge in [-0.3, -0.25) is 0 Å². The Morgan fingerprint density at radius 2 is 1.76 bits per heavy atom. The number of nitrogens with two attached hydrogens (primary N) is 1. The second-order valence-electron chi connectivity index (χ2n) is 7.00. The molecule has 0 saturated heterocycles. The van der Waals surface area contributed by atoms with E-state index < -0.39 is 10.0 Å². The van der Waals surface area contributed by atoms with E-state index in [1.807, 2.05) is 19.1 Å². The van der Waals surface area contributed by atoms with Crippen LogP contribution in [0.2, 0.25) is 0 Å². The molecule has 0 heterocycles. The number of aryl methyl sites for hydroxylation is 1. The summed E-state index contributed by atoms with van der Waals surface area (Å²) in [5, 5.41) is 0. The maximum atomic E-state index is 12.8. The summed E-state index contributed by atoms with van der Waals surface area (Å²) < 4.78 is 28.4. The van der Waals surface area contributed by atoms with E-state index in [9.17, 15) is 8.42 Å². The molecule has 1 aliphatic rings. The van der Waals surface area contributed by atoms with E-state index >= 15 is 0 Å². The lowest BCUT2D eigenvalue weighted by atomic mass is 10.0. The molecule has 1 aromatic rings. The van der Waals surface area contributed by atoms with Gasteiger partial charge in [-0.1, -0.05) is 46.8 Å². The lowest BCUT2D eigenvalue weighted by Crippen LogP contribution is -2.30. The molecule has 0 radical (unpaired) electrons. The van der Waals surface area contributed by atoms with Crippen molar-refractivity contribution < 1.29 is 8.42 Å². The molecule has 1 aliphatic carbocycles. The molecule has 5 heteroatoms. The summed E-state index contributed by atoms with van der Waals surface area (Å²) in [7, 11) is -3.52. The van der Waals surface area contributed by atoms with Crippen molar-refractivity contribution in [2.75, 3.05) is 0 Å². The summed E-state index contributed by atoms with van der Waals surface area (Å²) in [6.45, 7) is 10.7. The van der Waals surface area contributed by atoms with Gasteiger partial charge in [-0.2, -0.15) is 0 Å². The first-order valence-corrected chi connectivity index (χ1v) is 8.90. The summed E-state index contributed by atoms with van der Waals surface area (Å²) >= 11 is 0. The number of rotatable bonds is 5. The summed E-state index contributed by atoms with van der Waals surface area (Å²) in [6, 6.07) is 5.41. The zero-order valence-electron chi connectivity index (χ0n) is 13.5. The van der Waals surface area contributed by atoms with Gasteiger partial charge in [0.25, 0.3) is 0 Å². The molecule has 1 aromatic carbocycles. The van der Waals surface area contributed by atoms with Gasteiger partial charge < -0.3 is 5.73 Å². The Hall–Kier alpha value is -0.910. The lowest BCUT2D eigenvalue weighted by molar-refractivity contribution is 0.457. The van der Waals surface area contributed by atoms with Crippen LogP contribution in [0.4, 0.5) is 0 Å². The Morgan fingerprint density at radius 3 is 2.19 bits per heavy atom. The highest BCUT2D eigenvalue weighted by molar-refractivity contribution is 7.89. The molecular formula is C16H26N2O2S. The summed E-state index contributed by atoms with van der Waals surface area (Å²) in [5.41, 5.74) is 7.24. The van der Waals surface area contributed by atoms with E-state index in [1.54, 1.807) is 6.07 Å². The third-order valence-electron chi connectivity index (χ3n) is 5.33. The van der Waals surface area contributed by atoms with Gasteiger partial charge in [0.15, 0.2) is 0 Å². The minimum atomic E-state index is -3.52. The average Bonchev–Trinajstić information content (AvgIpc) is 2.80. The highest BCUT2D eigenvalue weighted by Gasteiger charge is 2.66. The van der Waals surface area contributed by atoms with Crippen LogP contribution < -0.4 is 10.5 Å². The van der Waals surface area contributed by atoms with Crippen molar-refractivity contribution in [2.45, 2.75) is 58.5 Å². The van der Waals surface area contributed by atoms with Crippen LogP contribution in [0.3, 0.4) is 0 Å². The molecule has 1 fully saturated rings. The lowest BCUT2D eigenvalue weighted by Gasteiger charge is -2.13. The molecule has 0 atom stereocenters. The highest BCUT2D eigenvalue weighted by Crippen LogP contribution is 2.62. The summed E-state index contributed by atoms with van der Waals surface area (Å²) in [4.78, 5) is 0.367. The quantitative estimate of drug-likeness (QED) is 0.877. The Morgan fingerprint density at radius 1 is 1.19 bits per heavy atom. The Balaban J connectivity index is 2.37. The monoisotopic (exact) mass is 310 g/mol. The van der Waals surface area contributed by atoms with E-state index in [1.165, 1.54) is 0 Å². The first kappa shape index (κ1) is 16.5. The number of hydrogen-bond donors (Lipinski definition) is 2. The van der Waals surface area contributed by atoms with Crippen molar-refractivity contribution in [1.29, 1.82) is 0 Å². The fourth-order valence-electron chi connectivity index (χ4n) is 2.98. The second kappa shape index (κ2) is 5.07. The van der Waals surface area contributed by atoms with Gasteiger partial charge in [0.1, 0.15) is 0 Å². The zero-order chi connectivity index (χ0) is 16.1. The molecule has 0 unspecified atom stereocenters. The molecule has 4 nitrogen and oxygen atoms in total. The Kier molecular flexibility index (Phi) is 3.98. The first-order valence-electron chi connectivity index (χ1n) is 7.42. The van der Waals surface area contributed by atoms with Gasteiger partial charge in [-0.05, 0) is 34.4 Å². The topological polar surface area (TPSA) is 72.2 Å². The standard InChI is InChI=1S/C16H26N2O2S/c1-6-12-8-7-11(10-17)9-13(12)21(19,20)18-14-15(2,3)16(14,4)5/h7-9,14,18H,6,10,17H2,1-5H3. The maximum Gasteiger partial charge on any atom is 0.241 e. The van der Waals surface area contributed by atoms with Gasteiger partial charge in [-0.15, -0.1) is 0 Å². The minimum Gasteiger partial charge on any atom is -0.326 e. The SMILES string of the molecule is CCc1ccc(CN)cc1S(=O)(=O)NC1C(C)(C)C1(C)C. The van der Waals surface area contributed by atoms with Crippen molar-refractivity contribution in [2.24, 2.45) is 16.6 Å². The van der Waals surface area contributed by atoms with Crippen LogP contribution in [-0.4, -0.2) is 14.5 Å². The van der Waals surface area contributed by atoms with Gasteiger partial charge in [0.2, 0.25) is 10.0 Å². The Labute approximate surface area is 128 Å². The Bertz CT molecular complexity index is 634. The van der Waals surface area contributed by atoms with Crippen LogP contribution in [0.15, 0.2) is 23.1 Å². The van der Waals surface area contributed by atoms with Crippen LogP contribution in [0.5, 0.6) is 0 Å². The first-order chi connectivity index (χ1) is 9.57. The predicted molar refractivity (Wildman–Crippen MR) is 85.4 cm³/mol. The number of sulfonamides is 1. The van der Waals surface area contributed by atoms with Crippen molar-refractivity contribution in [3.05, 3.63) is 29.3 Å². The van der Waals surface area contributed by atoms with E-state index in [0.29, 0.717) is 17.9 Å². The van der Waals surface area contributed by atoms with Crippen LogP contribution in [0, 0.1) is 10.8 Å². The average molecular weight is 310 g/mol. The van der Waals surface area contributed by atoms with Crippen molar-refractivity contribution >= 4 is 10.0 Å². The van der Waals surface area contributed by atoms with Crippen LogP contribution in [0.25, 0.3) is 0 Å². The summed E-state index contributed by atoms with van der Waals surface area (Å²) in [6.07, 6.45) is 0.679. The van der Waals surface area contributed by atoms with Gasteiger partial charge in [0, 0.05) is 12.6 Å². The van der Waals surface area contributed by atoms with Crippen LogP contribution in [0.1, 0.15) is 45.7 Å². The second-order valence-corrected chi connectivity index (χ2v) is 8.68. The van der Waals surface area contributed by atoms with E-state index in [0.717, 1.165) is 11.1 Å². The molecule has 0 amide bonds. The fraction of sp³-hybridized carbons (Fsp3) is 0.625. The fourth-order valence-corrected chi connectivity index (χ4v) is 4.87. The minimum absolute atomic E-state index is 0.0298. The zero-order valence-corrected chi connectivity index (χ0v) is 14.3.